The van der Waals surface area contributed by atoms with Crippen LogP contribution in [-0.2, 0) is 10.1 Å². The molecule has 0 amide bonds. The van der Waals surface area contributed by atoms with E-state index in [0.717, 1.165) is 50.7 Å². The van der Waals surface area contributed by atoms with Crippen LogP contribution in [-0.4, -0.2) is 13.9 Å². The van der Waals surface area contributed by atoms with Crippen molar-refractivity contribution in [2.45, 2.75) is 5.51 Å². The predicted molar refractivity (Wildman–Crippen MR) is 235 cm³/mol. The van der Waals surface area contributed by atoms with Crippen LogP contribution in [0.4, 0.5) is 47.3 Å². The zero-order valence-corrected chi connectivity index (χ0v) is 32.8. The molecule has 9 rings (SSSR count). The van der Waals surface area contributed by atoms with Gasteiger partial charge >= 0.3 is 15.6 Å². The van der Waals surface area contributed by atoms with Crippen LogP contribution in [0.3, 0.4) is 0 Å². The van der Waals surface area contributed by atoms with Crippen LogP contribution in [0.15, 0.2) is 200 Å². The Morgan fingerprint density at radius 3 is 1.36 bits per heavy atom. The molecule has 0 unspecified atom stereocenters. The molecule has 0 N–H and O–H groups in total. The molecule has 10 heteroatoms. The number of para-hydroxylation sites is 2. The highest BCUT2D eigenvalue weighted by Crippen LogP contribution is 2.50. The first-order valence-corrected chi connectivity index (χ1v) is 20.9. The fourth-order valence-corrected chi connectivity index (χ4v) is 9.01. The summed E-state index contributed by atoms with van der Waals surface area (Å²) in [5, 5.41) is 1.26. The number of thiophene rings is 1. The highest BCUT2D eigenvalue weighted by Gasteiger charge is 2.49. The largest absolute Gasteiger partial charge is 0.534 e. The number of anilines is 6. The first kappa shape index (κ1) is 37.7. The van der Waals surface area contributed by atoms with Crippen molar-refractivity contribution >= 4 is 75.8 Å². The van der Waals surface area contributed by atoms with Gasteiger partial charge in [-0.1, -0.05) is 127 Å². The average molecular weight is 819 g/mol. The Morgan fingerprint density at radius 2 is 0.881 bits per heavy atom. The van der Waals surface area contributed by atoms with E-state index in [9.17, 15) is 21.6 Å². The van der Waals surface area contributed by atoms with Gasteiger partial charge in [0, 0.05) is 43.9 Å². The van der Waals surface area contributed by atoms with Gasteiger partial charge in [0.05, 0.1) is 10.4 Å². The Balaban J connectivity index is 1.24. The summed E-state index contributed by atoms with van der Waals surface area (Å²) in [4.78, 5) is 4.12. The molecule has 0 radical (unpaired) electrons. The zero-order valence-electron chi connectivity index (χ0n) is 31.1. The number of alkyl halides is 3. The van der Waals surface area contributed by atoms with Gasteiger partial charge in [0.25, 0.3) is 0 Å². The van der Waals surface area contributed by atoms with Gasteiger partial charge in [0.2, 0.25) is 0 Å². The molecule has 0 spiro atoms. The maximum atomic E-state index is 13.8. The molecule has 8 aromatic carbocycles. The second kappa shape index (κ2) is 15.5. The molecule has 0 saturated heterocycles. The maximum Gasteiger partial charge on any atom is 0.534 e. The number of fused-ring (bicyclic) bond motifs is 3. The minimum absolute atomic E-state index is 0.255. The van der Waals surface area contributed by atoms with Crippen LogP contribution in [0.2, 0.25) is 0 Å². The van der Waals surface area contributed by atoms with Gasteiger partial charge in [-0.25, -0.2) is 0 Å². The molecule has 59 heavy (non-hydrogen) atoms. The Labute approximate surface area is 343 Å². The molecule has 0 aliphatic heterocycles. The zero-order chi connectivity index (χ0) is 40.6. The van der Waals surface area contributed by atoms with Gasteiger partial charge in [0.15, 0.2) is 5.75 Å². The molecule has 0 fully saturated rings. The summed E-state index contributed by atoms with van der Waals surface area (Å²) in [6.07, 6.45) is 0. The van der Waals surface area contributed by atoms with Crippen molar-refractivity contribution in [3.05, 3.63) is 200 Å². The first-order valence-electron chi connectivity index (χ1n) is 18.7. The lowest BCUT2D eigenvalue weighted by Crippen LogP contribution is -2.28. The van der Waals surface area contributed by atoms with Crippen LogP contribution >= 0.6 is 11.3 Å². The van der Waals surface area contributed by atoms with Gasteiger partial charge in [-0.15, -0.1) is 11.3 Å². The Bertz CT molecular complexity index is 2880. The minimum Gasteiger partial charge on any atom is -0.374 e. The molecule has 0 saturated carbocycles. The van der Waals surface area contributed by atoms with Gasteiger partial charge in [-0.05, 0) is 95.1 Å². The summed E-state index contributed by atoms with van der Waals surface area (Å²) in [5.41, 5.74) is 3.49. The van der Waals surface area contributed by atoms with Crippen molar-refractivity contribution in [3.8, 4) is 28.0 Å². The van der Waals surface area contributed by atoms with Gasteiger partial charge < -0.3 is 14.0 Å². The summed E-state index contributed by atoms with van der Waals surface area (Å²) in [5.74, 6) is -0.408. The van der Waals surface area contributed by atoms with E-state index in [1.807, 2.05) is 120 Å². The van der Waals surface area contributed by atoms with Crippen molar-refractivity contribution < 1.29 is 25.8 Å². The highest BCUT2D eigenvalue weighted by molar-refractivity contribution is 7.88. The molecule has 290 valence electrons. The van der Waals surface area contributed by atoms with E-state index in [-0.39, 0.29) is 4.70 Å². The standard InChI is InChI=1S/C49H33F3N2O3S2/c50-49(51,52)59(55,56)57-45-32-31-44(54(38-17-9-3-10-18-38)39-19-11-4-12-20-39)47-43-30-29-42(33-46(43)58-48(45)47)53(40-25-21-36(22-26-40)34-13-5-1-6-14-34)41-27-23-37(24-28-41)35-15-7-2-8-16-35/h1-33H. The third-order valence-corrected chi connectivity index (χ3v) is 12.2. The summed E-state index contributed by atoms with van der Waals surface area (Å²) < 4.78 is 72.1. The molecule has 0 aliphatic rings. The normalized spacial score (nSPS) is 11.8. The Kier molecular flexibility index (Phi) is 9.88. The maximum absolute atomic E-state index is 13.8. The van der Waals surface area contributed by atoms with E-state index in [1.54, 1.807) is 6.07 Å². The van der Waals surface area contributed by atoms with Crippen molar-refractivity contribution in [2.24, 2.45) is 0 Å². The molecule has 1 heterocycles. The number of halogens is 3. The lowest BCUT2D eigenvalue weighted by molar-refractivity contribution is -0.0499. The van der Waals surface area contributed by atoms with Crippen LogP contribution in [0, 0.1) is 0 Å². The van der Waals surface area contributed by atoms with Crippen molar-refractivity contribution in [1.82, 2.24) is 0 Å². The van der Waals surface area contributed by atoms with Gasteiger partial charge in [-0.3, -0.25) is 0 Å². The van der Waals surface area contributed by atoms with E-state index in [4.69, 9.17) is 4.18 Å². The van der Waals surface area contributed by atoms with E-state index in [2.05, 4.69) is 77.7 Å². The second-order valence-electron chi connectivity index (χ2n) is 13.7. The average Bonchev–Trinajstić information content (AvgIpc) is 3.66. The van der Waals surface area contributed by atoms with Gasteiger partial charge in [-0.2, -0.15) is 21.6 Å². The molecule has 0 aliphatic carbocycles. The number of hydrogen-bond acceptors (Lipinski definition) is 6. The number of hydrogen-bond donors (Lipinski definition) is 0. The van der Waals surface area contributed by atoms with Crippen molar-refractivity contribution in [1.29, 1.82) is 0 Å². The van der Waals surface area contributed by atoms with E-state index in [0.29, 0.717) is 21.2 Å². The monoisotopic (exact) mass is 818 g/mol. The summed E-state index contributed by atoms with van der Waals surface area (Å²) in [7, 11) is -5.97. The van der Waals surface area contributed by atoms with Gasteiger partial charge in [0.1, 0.15) is 0 Å². The first-order chi connectivity index (χ1) is 28.6. The number of rotatable bonds is 10. The Morgan fingerprint density at radius 1 is 0.458 bits per heavy atom. The summed E-state index contributed by atoms with van der Waals surface area (Å²) >= 11 is 1.17. The lowest BCUT2D eigenvalue weighted by Gasteiger charge is -2.27. The third-order valence-electron chi connectivity index (χ3n) is 10.0. The van der Waals surface area contributed by atoms with E-state index < -0.39 is 21.4 Å². The minimum atomic E-state index is -5.97. The smallest absolute Gasteiger partial charge is 0.374 e. The highest BCUT2D eigenvalue weighted by atomic mass is 32.2. The SMILES string of the molecule is O=S(=O)(Oc1ccc(N(c2ccccc2)c2ccccc2)c2c1sc1cc(N(c3ccc(-c4ccccc4)cc3)c3ccc(-c4ccccc4)cc3)ccc12)C(F)(F)F. The Hall–Kier alpha value is -6.88. The number of benzene rings is 8. The molecular weight excluding hydrogens is 786 g/mol. The van der Waals surface area contributed by atoms with E-state index >= 15 is 0 Å². The van der Waals surface area contributed by atoms with Crippen LogP contribution in [0.1, 0.15) is 0 Å². The summed E-state index contributed by atoms with van der Waals surface area (Å²) in [6.45, 7) is 0. The van der Waals surface area contributed by atoms with Crippen LogP contribution in [0.25, 0.3) is 42.4 Å². The topological polar surface area (TPSA) is 49.9 Å². The number of nitrogens with zero attached hydrogens (tertiary/aromatic N) is 2. The van der Waals surface area contributed by atoms with Crippen LogP contribution in [0.5, 0.6) is 5.75 Å². The predicted octanol–water partition coefficient (Wildman–Crippen LogP) is 14.6. The lowest BCUT2D eigenvalue weighted by atomic mass is 10.0. The molecule has 0 bridgehead atoms. The molecule has 1 aromatic heterocycles. The third kappa shape index (κ3) is 7.40. The van der Waals surface area contributed by atoms with Crippen molar-refractivity contribution in [3.63, 3.8) is 0 Å². The molecule has 0 atom stereocenters. The quantitative estimate of drug-likeness (QED) is 0.102. The van der Waals surface area contributed by atoms with Crippen LogP contribution < -0.4 is 14.0 Å². The molecule has 5 nitrogen and oxygen atoms in total. The fraction of sp³-hybridized carbons (Fsp3) is 0.0204. The van der Waals surface area contributed by atoms with Crippen molar-refractivity contribution in [2.75, 3.05) is 9.80 Å². The molecular formula is C49H33F3N2O3S2. The summed E-state index contributed by atoms with van der Waals surface area (Å²) in [6, 6.07) is 64.8. The fourth-order valence-electron chi connectivity index (χ4n) is 7.28. The second-order valence-corrected chi connectivity index (χ2v) is 16.3. The molecule has 9 aromatic rings. The van der Waals surface area contributed by atoms with E-state index in [1.165, 1.54) is 17.4 Å².